The first-order chi connectivity index (χ1) is 15.1. The lowest BCUT2D eigenvalue weighted by Crippen LogP contribution is -2.45. The minimum absolute atomic E-state index is 0.0894. The number of amides is 2. The number of pyridine rings is 1. The van der Waals surface area contributed by atoms with Crippen LogP contribution < -0.4 is 10.1 Å². The fourth-order valence-electron chi connectivity index (χ4n) is 3.41. The summed E-state index contributed by atoms with van der Waals surface area (Å²) in [6.07, 6.45) is 4.83. The maximum absolute atomic E-state index is 12.7. The molecule has 0 spiro atoms. The van der Waals surface area contributed by atoms with Crippen LogP contribution in [0.25, 0.3) is 0 Å². The Hall–Kier alpha value is -3.79. The second-order valence-electron chi connectivity index (χ2n) is 7.15. The van der Waals surface area contributed by atoms with Crippen LogP contribution in [0.3, 0.4) is 0 Å². The Morgan fingerprint density at radius 3 is 2.90 bits per heavy atom. The molecule has 0 aliphatic carbocycles. The number of carbonyl (C=O) groups is 2. The number of likely N-dealkylation sites (tertiary alicyclic amines) is 1. The average molecular weight is 422 g/mol. The Labute approximate surface area is 178 Å². The number of nitrogens with one attached hydrogen (secondary N) is 1. The molecule has 3 heterocycles. The molecule has 2 aromatic heterocycles. The van der Waals surface area contributed by atoms with E-state index < -0.39 is 11.8 Å². The molecule has 0 radical (unpaired) electrons. The minimum Gasteiger partial charge on any atom is -0.439 e. The highest BCUT2D eigenvalue weighted by Gasteiger charge is 2.29. The van der Waals surface area contributed by atoms with Crippen molar-refractivity contribution in [3.8, 4) is 11.6 Å². The normalized spacial score (nSPS) is 16.0. The van der Waals surface area contributed by atoms with Gasteiger partial charge in [0, 0.05) is 37.1 Å². The number of hydrogen-bond donors (Lipinski definition) is 2. The predicted octanol–water partition coefficient (Wildman–Crippen LogP) is 1.76. The predicted molar refractivity (Wildman–Crippen MR) is 110 cm³/mol. The molecule has 2 amide bonds. The quantitative estimate of drug-likeness (QED) is 0.601. The first-order valence-corrected chi connectivity index (χ1v) is 9.93. The van der Waals surface area contributed by atoms with Gasteiger partial charge in [-0.25, -0.2) is 9.67 Å². The van der Waals surface area contributed by atoms with Crippen molar-refractivity contribution in [1.29, 1.82) is 0 Å². The SMILES string of the molecule is O=C(Nc1cccc(Oc2ccccn2)c1)C(=O)N1CCCC(n2cc(CO)nn2)C1. The first-order valence-electron chi connectivity index (χ1n) is 9.93. The molecule has 1 unspecified atom stereocenters. The summed E-state index contributed by atoms with van der Waals surface area (Å²) in [6.45, 7) is 0.650. The van der Waals surface area contributed by atoms with Crippen molar-refractivity contribution >= 4 is 17.5 Å². The molecule has 4 rings (SSSR count). The Balaban J connectivity index is 1.38. The molecule has 0 bridgehead atoms. The van der Waals surface area contributed by atoms with Crippen molar-refractivity contribution in [1.82, 2.24) is 24.9 Å². The van der Waals surface area contributed by atoms with Crippen LogP contribution in [0.15, 0.2) is 54.9 Å². The largest absolute Gasteiger partial charge is 0.439 e. The van der Waals surface area contributed by atoms with Crippen molar-refractivity contribution < 1.29 is 19.4 Å². The Bertz CT molecular complexity index is 1050. The molecule has 1 aliphatic rings. The number of benzene rings is 1. The van der Waals surface area contributed by atoms with Crippen LogP contribution in [-0.2, 0) is 16.2 Å². The van der Waals surface area contributed by atoms with Gasteiger partial charge in [0.05, 0.1) is 18.8 Å². The van der Waals surface area contributed by atoms with Gasteiger partial charge in [0.2, 0.25) is 5.88 Å². The second-order valence-corrected chi connectivity index (χ2v) is 7.15. The topological polar surface area (TPSA) is 122 Å². The zero-order chi connectivity index (χ0) is 21.6. The summed E-state index contributed by atoms with van der Waals surface area (Å²) in [7, 11) is 0. The summed E-state index contributed by atoms with van der Waals surface area (Å²) in [5.74, 6) is -0.403. The van der Waals surface area contributed by atoms with Crippen molar-refractivity contribution in [3.05, 3.63) is 60.6 Å². The number of piperidine rings is 1. The molecule has 1 aliphatic heterocycles. The average Bonchev–Trinajstić information content (AvgIpc) is 3.29. The standard InChI is InChI=1S/C21H22N6O4/c28-14-16-12-27(25-24-16)17-6-4-10-26(13-17)21(30)20(29)23-15-5-3-7-18(11-15)31-19-8-1-2-9-22-19/h1-3,5,7-9,11-12,17,28H,4,6,10,13-14H2,(H,23,29). The Kier molecular flexibility index (Phi) is 6.18. The van der Waals surface area contributed by atoms with E-state index in [0.29, 0.717) is 36.1 Å². The van der Waals surface area contributed by atoms with Crippen LogP contribution in [0.1, 0.15) is 24.6 Å². The van der Waals surface area contributed by atoms with Gasteiger partial charge in [-0.1, -0.05) is 17.3 Å². The number of hydrogen-bond acceptors (Lipinski definition) is 7. The van der Waals surface area contributed by atoms with Crippen LogP contribution >= 0.6 is 0 Å². The van der Waals surface area contributed by atoms with E-state index in [-0.39, 0.29) is 12.6 Å². The summed E-state index contributed by atoms with van der Waals surface area (Å²) in [4.78, 5) is 30.9. The monoisotopic (exact) mass is 422 g/mol. The Morgan fingerprint density at radius 1 is 1.23 bits per heavy atom. The lowest BCUT2D eigenvalue weighted by Gasteiger charge is -2.32. The number of ether oxygens (including phenoxy) is 1. The van der Waals surface area contributed by atoms with Crippen LogP contribution in [0, 0.1) is 0 Å². The highest BCUT2D eigenvalue weighted by molar-refractivity contribution is 6.39. The van der Waals surface area contributed by atoms with Crippen molar-refractivity contribution in [2.45, 2.75) is 25.5 Å². The van der Waals surface area contributed by atoms with E-state index in [1.807, 2.05) is 6.07 Å². The molecule has 1 saturated heterocycles. The lowest BCUT2D eigenvalue weighted by atomic mass is 10.1. The summed E-state index contributed by atoms with van der Waals surface area (Å²) in [5, 5.41) is 19.7. The van der Waals surface area contributed by atoms with Crippen LogP contribution in [0.2, 0.25) is 0 Å². The number of rotatable bonds is 5. The summed E-state index contributed by atoms with van der Waals surface area (Å²) >= 11 is 0. The highest BCUT2D eigenvalue weighted by Crippen LogP contribution is 2.24. The third-order valence-electron chi connectivity index (χ3n) is 4.92. The van der Waals surface area contributed by atoms with Crippen molar-refractivity contribution in [2.75, 3.05) is 18.4 Å². The number of nitrogens with zero attached hydrogens (tertiary/aromatic N) is 5. The number of aromatic nitrogens is 4. The van der Waals surface area contributed by atoms with Gasteiger partial charge >= 0.3 is 11.8 Å². The maximum Gasteiger partial charge on any atom is 0.313 e. The van der Waals surface area contributed by atoms with Gasteiger partial charge in [0.15, 0.2) is 0 Å². The van der Waals surface area contributed by atoms with Gasteiger partial charge < -0.3 is 20.1 Å². The summed E-state index contributed by atoms with van der Waals surface area (Å²) in [5.41, 5.74) is 0.915. The number of aliphatic hydroxyl groups excluding tert-OH is 1. The van der Waals surface area contributed by atoms with Crippen LogP contribution in [-0.4, -0.2) is 54.9 Å². The molecule has 31 heavy (non-hydrogen) atoms. The molecular formula is C21H22N6O4. The van der Waals surface area contributed by atoms with Crippen molar-refractivity contribution in [2.24, 2.45) is 0 Å². The van der Waals surface area contributed by atoms with Gasteiger partial charge in [-0.2, -0.15) is 0 Å². The van der Waals surface area contributed by atoms with Crippen molar-refractivity contribution in [3.63, 3.8) is 0 Å². The molecule has 10 heteroatoms. The third kappa shape index (κ3) is 5.04. The summed E-state index contributed by atoms with van der Waals surface area (Å²) in [6, 6.07) is 12.0. The highest BCUT2D eigenvalue weighted by atomic mass is 16.5. The van der Waals surface area contributed by atoms with E-state index in [4.69, 9.17) is 9.84 Å². The fourth-order valence-corrected chi connectivity index (χ4v) is 3.41. The maximum atomic E-state index is 12.7. The molecule has 0 saturated carbocycles. The molecule has 1 fully saturated rings. The number of anilines is 1. The van der Waals surface area contributed by atoms with Crippen LogP contribution in [0.4, 0.5) is 5.69 Å². The molecule has 1 atom stereocenters. The fraction of sp³-hybridized carbons (Fsp3) is 0.286. The van der Waals surface area contributed by atoms with E-state index in [1.54, 1.807) is 53.5 Å². The minimum atomic E-state index is -0.717. The summed E-state index contributed by atoms with van der Waals surface area (Å²) < 4.78 is 7.30. The zero-order valence-electron chi connectivity index (χ0n) is 16.7. The van der Waals surface area contributed by atoms with E-state index in [2.05, 4.69) is 20.6 Å². The number of aliphatic hydroxyl groups is 1. The Morgan fingerprint density at radius 2 is 2.13 bits per heavy atom. The molecule has 10 nitrogen and oxygen atoms in total. The molecule has 1 aromatic carbocycles. The second kappa shape index (κ2) is 9.35. The van der Waals surface area contributed by atoms with E-state index in [0.717, 1.165) is 12.8 Å². The molecule has 2 N–H and O–H groups in total. The van der Waals surface area contributed by atoms with E-state index in [9.17, 15) is 9.59 Å². The number of carbonyl (C=O) groups excluding carboxylic acids is 2. The smallest absolute Gasteiger partial charge is 0.313 e. The van der Waals surface area contributed by atoms with Gasteiger partial charge in [0.1, 0.15) is 11.4 Å². The van der Waals surface area contributed by atoms with Gasteiger partial charge in [0.25, 0.3) is 0 Å². The van der Waals surface area contributed by atoms with Gasteiger partial charge in [-0.15, -0.1) is 5.10 Å². The lowest BCUT2D eigenvalue weighted by molar-refractivity contribution is -0.144. The van der Waals surface area contributed by atoms with E-state index in [1.165, 1.54) is 4.90 Å². The van der Waals surface area contributed by atoms with Gasteiger partial charge in [-0.3, -0.25) is 9.59 Å². The molecule has 3 aromatic rings. The zero-order valence-corrected chi connectivity index (χ0v) is 16.7. The van der Waals surface area contributed by atoms with Crippen LogP contribution in [0.5, 0.6) is 11.6 Å². The third-order valence-corrected chi connectivity index (χ3v) is 4.92. The van der Waals surface area contributed by atoms with E-state index >= 15 is 0 Å². The molecule has 160 valence electrons. The van der Waals surface area contributed by atoms with Gasteiger partial charge in [-0.05, 0) is 31.0 Å². The first kappa shape index (κ1) is 20.5. The molecular weight excluding hydrogens is 400 g/mol.